The van der Waals surface area contributed by atoms with Gasteiger partial charge in [-0.3, -0.25) is 0 Å². The van der Waals surface area contributed by atoms with Gasteiger partial charge in [0, 0.05) is 13.6 Å². The van der Waals surface area contributed by atoms with Gasteiger partial charge in [0.2, 0.25) is 0 Å². The Kier molecular flexibility index (Phi) is 4.70. The Labute approximate surface area is 126 Å². The van der Waals surface area contributed by atoms with E-state index in [1.807, 2.05) is 31.2 Å². The Morgan fingerprint density at radius 1 is 1.09 bits per heavy atom. The minimum absolute atomic E-state index is 0.309. The Balaban J connectivity index is 2.09. The zero-order chi connectivity index (χ0) is 16.3. The molecule has 1 N–H and O–H groups in total. The second kappa shape index (κ2) is 6.51. The zero-order valence-electron chi connectivity index (χ0n) is 12.2. The van der Waals surface area contributed by atoms with Crippen molar-refractivity contribution in [1.29, 1.82) is 0 Å². The molecule has 0 radical (unpaired) electrons. The number of urea groups is 1. The number of nitrogens with one attached hydrogen (secondary N) is 1. The van der Waals surface area contributed by atoms with E-state index in [9.17, 15) is 18.0 Å². The van der Waals surface area contributed by atoms with Gasteiger partial charge in [0.25, 0.3) is 0 Å². The van der Waals surface area contributed by atoms with E-state index in [-0.39, 0.29) is 0 Å². The number of carbonyl (C=O) groups excluding carboxylic acids is 1. The molecule has 0 bridgehead atoms. The maximum Gasteiger partial charge on any atom is 0.321 e. The van der Waals surface area contributed by atoms with Crippen LogP contribution < -0.4 is 5.32 Å². The molecular weight excluding hydrogens is 293 g/mol. The first-order valence-electron chi connectivity index (χ1n) is 6.60. The quantitative estimate of drug-likeness (QED) is 0.852. The third kappa shape index (κ3) is 3.39. The van der Waals surface area contributed by atoms with Crippen molar-refractivity contribution in [1.82, 2.24) is 4.90 Å². The normalized spacial score (nSPS) is 10.4. The molecule has 0 aliphatic heterocycles. The predicted octanol–water partition coefficient (Wildman–Crippen LogP) is 4.08. The van der Waals surface area contributed by atoms with Crippen LogP contribution in [-0.4, -0.2) is 18.0 Å². The van der Waals surface area contributed by atoms with Crippen molar-refractivity contribution < 1.29 is 18.0 Å². The van der Waals surface area contributed by atoms with Gasteiger partial charge in [-0.2, -0.15) is 0 Å². The maximum atomic E-state index is 13.5. The molecule has 3 nitrogen and oxygen atoms in total. The first-order chi connectivity index (χ1) is 10.4. The highest BCUT2D eigenvalue weighted by Crippen LogP contribution is 2.20. The third-order valence-electron chi connectivity index (χ3n) is 3.29. The summed E-state index contributed by atoms with van der Waals surface area (Å²) in [5, 5.41) is 2.22. The van der Waals surface area contributed by atoms with E-state index in [0.29, 0.717) is 6.54 Å². The Bertz CT molecular complexity index is 704. The number of nitrogens with zero attached hydrogens (tertiary/aromatic N) is 1. The van der Waals surface area contributed by atoms with Crippen LogP contribution in [0, 0.1) is 24.4 Å². The lowest BCUT2D eigenvalue weighted by molar-refractivity contribution is 0.220. The third-order valence-corrected chi connectivity index (χ3v) is 3.29. The minimum atomic E-state index is -1.61. The van der Waals surface area contributed by atoms with Crippen molar-refractivity contribution in [3.8, 4) is 0 Å². The summed E-state index contributed by atoms with van der Waals surface area (Å²) >= 11 is 0. The predicted molar refractivity (Wildman–Crippen MR) is 78.0 cm³/mol. The first-order valence-corrected chi connectivity index (χ1v) is 6.60. The van der Waals surface area contributed by atoms with Crippen molar-refractivity contribution in [2.45, 2.75) is 13.5 Å². The molecule has 2 rings (SSSR count). The van der Waals surface area contributed by atoms with E-state index >= 15 is 0 Å². The fourth-order valence-corrected chi connectivity index (χ4v) is 1.95. The molecule has 0 spiro atoms. The van der Waals surface area contributed by atoms with Gasteiger partial charge in [0.1, 0.15) is 0 Å². The first kappa shape index (κ1) is 15.9. The van der Waals surface area contributed by atoms with Gasteiger partial charge in [0.05, 0.1) is 5.69 Å². The smallest absolute Gasteiger partial charge is 0.321 e. The summed E-state index contributed by atoms with van der Waals surface area (Å²) in [6.07, 6.45) is 0. The maximum absolute atomic E-state index is 13.5. The van der Waals surface area contributed by atoms with Gasteiger partial charge in [-0.15, -0.1) is 0 Å². The molecule has 0 saturated heterocycles. The Hall–Kier alpha value is -2.50. The number of hydrogen-bond donors (Lipinski definition) is 1. The summed E-state index contributed by atoms with van der Waals surface area (Å²) in [6.45, 7) is 2.22. The summed E-state index contributed by atoms with van der Waals surface area (Å²) in [7, 11) is 1.53. The van der Waals surface area contributed by atoms with Crippen LogP contribution in [0.2, 0.25) is 0 Å². The summed E-state index contributed by atoms with van der Waals surface area (Å²) < 4.78 is 39.5. The zero-order valence-corrected chi connectivity index (χ0v) is 12.2. The highest BCUT2D eigenvalue weighted by Gasteiger charge is 2.17. The molecule has 0 aliphatic carbocycles. The Morgan fingerprint density at radius 2 is 1.77 bits per heavy atom. The average Bonchev–Trinajstić information content (AvgIpc) is 2.50. The van der Waals surface area contributed by atoms with Gasteiger partial charge in [-0.05, 0) is 30.2 Å². The van der Waals surface area contributed by atoms with Crippen LogP contribution in [0.4, 0.5) is 23.7 Å². The Morgan fingerprint density at radius 3 is 2.45 bits per heavy atom. The van der Waals surface area contributed by atoms with Crippen molar-refractivity contribution in [2.24, 2.45) is 0 Å². The SMILES string of the molecule is Cc1ccccc1CN(C)C(=O)Nc1ccc(F)c(F)c1F. The van der Waals surface area contributed by atoms with Gasteiger partial charge in [0.15, 0.2) is 17.5 Å². The lowest BCUT2D eigenvalue weighted by atomic mass is 10.1. The number of aryl methyl sites for hydroxylation is 1. The second-order valence-electron chi connectivity index (χ2n) is 4.94. The van der Waals surface area contributed by atoms with Crippen molar-refractivity contribution >= 4 is 11.7 Å². The van der Waals surface area contributed by atoms with E-state index in [2.05, 4.69) is 5.32 Å². The molecule has 0 aromatic heterocycles. The lowest BCUT2D eigenvalue weighted by Gasteiger charge is -2.19. The van der Waals surface area contributed by atoms with Crippen LogP contribution in [-0.2, 0) is 6.54 Å². The number of anilines is 1. The highest BCUT2D eigenvalue weighted by atomic mass is 19.2. The van der Waals surface area contributed by atoms with Crippen LogP contribution in [0.3, 0.4) is 0 Å². The number of carbonyl (C=O) groups is 1. The van der Waals surface area contributed by atoms with E-state index in [0.717, 1.165) is 23.3 Å². The molecule has 22 heavy (non-hydrogen) atoms. The average molecular weight is 308 g/mol. The second-order valence-corrected chi connectivity index (χ2v) is 4.94. The number of hydrogen-bond acceptors (Lipinski definition) is 1. The van der Waals surface area contributed by atoms with E-state index in [4.69, 9.17) is 0 Å². The van der Waals surface area contributed by atoms with E-state index in [1.165, 1.54) is 11.9 Å². The van der Waals surface area contributed by atoms with Crippen molar-refractivity contribution in [3.05, 3.63) is 65.0 Å². The molecule has 0 aliphatic rings. The van der Waals surface area contributed by atoms with Gasteiger partial charge < -0.3 is 10.2 Å². The van der Waals surface area contributed by atoms with Gasteiger partial charge in [-0.1, -0.05) is 24.3 Å². The monoisotopic (exact) mass is 308 g/mol. The van der Waals surface area contributed by atoms with Crippen LogP contribution in [0.15, 0.2) is 36.4 Å². The molecule has 0 fully saturated rings. The van der Waals surface area contributed by atoms with E-state index in [1.54, 1.807) is 0 Å². The minimum Gasteiger partial charge on any atom is -0.323 e. The number of benzene rings is 2. The number of rotatable bonds is 3. The highest BCUT2D eigenvalue weighted by molar-refractivity contribution is 5.89. The van der Waals surface area contributed by atoms with Crippen LogP contribution in [0.1, 0.15) is 11.1 Å². The molecule has 0 saturated carbocycles. The molecule has 2 aromatic carbocycles. The number of amides is 2. The molecule has 2 aromatic rings. The number of halogens is 3. The van der Waals surface area contributed by atoms with Crippen LogP contribution in [0.5, 0.6) is 0 Å². The fraction of sp³-hybridized carbons (Fsp3) is 0.188. The van der Waals surface area contributed by atoms with Crippen molar-refractivity contribution in [2.75, 3.05) is 12.4 Å². The molecule has 116 valence electrons. The summed E-state index contributed by atoms with van der Waals surface area (Å²) in [6, 6.07) is 8.64. The van der Waals surface area contributed by atoms with Gasteiger partial charge in [-0.25, -0.2) is 18.0 Å². The summed E-state index contributed by atoms with van der Waals surface area (Å²) in [5.74, 6) is -4.33. The summed E-state index contributed by atoms with van der Waals surface area (Å²) in [5.41, 5.74) is 1.55. The lowest BCUT2D eigenvalue weighted by Crippen LogP contribution is -2.31. The molecule has 0 heterocycles. The van der Waals surface area contributed by atoms with Crippen LogP contribution in [0.25, 0.3) is 0 Å². The van der Waals surface area contributed by atoms with Crippen molar-refractivity contribution in [3.63, 3.8) is 0 Å². The summed E-state index contributed by atoms with van der Waals surface area (Å²) in [4.78, 5) is 13.3. The molecular formula is C16H15F3N2O. The van der Waals surface area contributed by atoms with Gasteiger partial charge >= 0.3 is 6.03 Å². The standard InChI is InChI=1S/C16H15F3N2O/c1-10-5-3-4-6-11(10)9-21(2)16(22)20-13-8-7-12(17)14(18)15(13)19/h3-8H,9H2,1-2H3,(H,20,22). The van der Waals surface area contributed by atoms with E-state index < -0.39 is 29.2 Å². The van der Waals surface area contributed by atoms with Crippen LogP contribution >= 0.6 is 0 Å². The molecule has 0 unspecified atom stereocenters. The fourth-order valence-electron chi connectivity index (χ4n) is 1.95. The topological polar surface area (TPSA) is 32.3 Å². The molecule has 6 heteroatoms. The molecule has 0 atom stereocenters. The molecule has 2 amide bonds. The largest absolute Gasteiger partial charge is 0.323 e.